The van der Waals surface area contributed by atoms with Gasteiger partial charge in [0.2, 0.25) is 0 Å². The van der Waals surface area contributed by atoms with Gasteiger partial charge in [-0.25, -0.2) is 28.9 Å². The van der Waals surface area contributed by atoms with Gasteiger partial charge >= 0.3 is 11.9 Å². The molecule has 14 heteroatoms. The molecule has 0 atom stereocenters. The van der Waals surface area contributed by atoms with E-state index in [4.69, 9.17) is 33.4 Å². The molecule has 4 rings (SSSR count). The van der Waals surface area contributed by atoms with Crippen LogP contribution < -0.4 is 11.1 Å². The molecular weight excluding hydrogens is 467 g/mol. The van der Waals surface area contributed by atoms with Crippen LogP contribution >= 0.6 is 23.2 Å². The van der Waals surface area contributed by atoms with Crippen molar-refractivity contribution in [3.63, 3.8) is 0 Å². The standard InChI is InChI=1S/2C9H6ClN3O3/c10-5-1-2-7(11-4-5)13-8(14)3-6(12-13)9(15)16;10-7-3-5(1-2-11-7)13-8(14)4-6(12-13)9(15)16/h2*1-4,12H,(H,15,16). The van der Waals surface area contributed by atoms with Gasteiger partial charge in [-0.2, -0.15) is 0 Å². The van der Waals surface area contributed by atoms with Crippen molar-refractivity contribution in [2.24, 2.45) is 0 Å². The summed E-state index contributed by atoms with van der Waals surface area (Å²) in [6, 6.07) is 8.03. The summed E-state index contributed by atoms with van der Waals surface area (Å²) in [6.45, 7) is 0. The number of H-pyrrole nitrogens is 2. The fourth-order valence-corrected chi connectivity index (χ4v) is 2.68. The zero-order chi connectivity index (χ0) is 23.4. The monoisotopic (exact) mass is 478 g/mol. The summed E-state index contributed by atoms with van der Waals surface area (Å²) in [5.41, 5.74) is -0.913. The molecule has 4 aromatic rings. The average molecular weight is 479 g/mol. The summed E-state index contributed by atoms with van der Waals surface area (Å²) in [6.07, 6.45) is 2.79. The quantitative estimate of drug-likeness (QED) is 0.321. The molecule has 0 unspecified atom stereocenters. The minimum Gasteiger partial charge on any atom is -0.477 e. The highest BCUT2D eigenvalue weighted by molar-refractivity contribution is 6.30. The van der Waals surface area contributed by atoms with Crippen molar-refractivity contribution >= 4 is 35.1 Å². The Morgan fingerprint density at radius 1 is 0.844 bits per heavy atom. The van der Waals surface area contributed by atoms with Gasteiger partial charge in [-0.3, -0.25) is 19.8 Å². The predicted octanol–water partition coefficient (Wildman–Crippen LogP) is 1.82. The van der Waals surface area contributed by atoms with E-state index in [2.05, 4.69) is 20.2 Å². The lowest BCUT2D eigenvalue weighted by atomic mass is 10.4. The molecule has 4 heterocycles. The van der Waals surface area contributed by atoms with Crippen LogP contribution in [0.3, 0.4) is 0 Å². The predicted molar refractivity (Wildman–Crippen MR) is 112 cm³/mol. The molecule has 0 spiro atoms. The fraction of sp³-hybridized carbons (Fsp3) is 0. The number of nitrogens with zero attached hydrogens (tertiary/aromatic N) is 4. The number of nitrogens with one attached hydrogen (secondary N) is 2. The fourth-order valence-electron chi connectivity index (χ4n) is 2.40. The second-order valence-corrected chi connectivity index (χ2v) is 6.79. The third kappa shape index (κ3) is 5.11. The van der Waals surface area contributed by atoms with Crippen LogP contribution in [0.2, 0.25) is 10.2 Å². The normalized spacial score (nSPS) is 10.3. The molecule has 0 amide bonds. The number of aromatic nitrogens is 6. The van der Waals surface area contributed by atoms with Gasteiger partial charge in [0, 0.05) is 30.6 Å². The second-order valence-electron chi connectivity index (χ2n) is 5.97. The molecule has 0 aliphatic carbocycles. The van der Waals surface area contributed by atoms with Gasteiger partial charge in [-0.1, -0.05) is 23.2 Å². The number of carboxylic acids is 2. The summed E-state index contributed by atoms with van der Waals surface area (Å²) in [5, 5.41) is 22.9. The van der Waals surface area contributed by atoms with E-state index in [-0.39, 0.29) is 22.4 Å². The SMILES string of the molecule is O=C(O)c1cc(=O)n(-c2ccc(Cl)cn2)[nH]1.O=C(O)c1cc(=O)n(-c2ccnc(Cl)c2)[nH]1. The van der Waals surface area contributed by atoms with Crippen molar-refractivity contribution in [1.29, 1.82) is 0 Å². The Bertz CT molecular complexity index is 1400. The first kappa shape index (κ1) is 22.5. The maximum Gasteiger partial charge on any atom is 0.353 e. The van der Waals surface area contributed by atoms with E-state index in [1.54, 1.807) is 6.07 Å². The molecular formula is C18H12Cl2N6O6. The van der Waals surface area contributed by atoms with Gasteiger partial charge in [0.25, 0.3) is 11.1 Å². The smallest absolute Gasteiger partial charge is 0.353 e. The minimum absolute atomic E-state index is 0.182. The molecule has 0 aliphatic heterocycles. The Labute approximate surface area is 187 Å². The third-order valence-corrected chi connectivity index (χ3v) is 4.24. The summed E-state index contributed by atoms with van der Waals surface area (Å²) >= 11 is 11.3. The number of halogens is 2. The van der Waals surface area contributed by atoms with Crippen LogP contribution in [0.5, 0.6) is 0 Å². The summed E-state index contributed by atoms with van der Waals surface area (Å²) < 4.78 is 2.11. The first-order valence-electron chi connectivity index (χ1n) is 8.50. The lowest BCUT2D eigenvalue weighted by Gasteiger charge is -2.00. The molecule has 0 aromatic carbocycles. The third-order valence-electron chi connectivity index (χ3n) is 3.81. The van der Waals surface area contributed by atoms with Crippen LogP contribution in [-0.4, -0.2) is 51.7 Å². The average Bonchev–Trinajstić information content (AvgIpc) is 3.32. The van der Waals surface area contributed by atoms with E-state index in [1.165, 1.54) is 30.6 Å². The van der Waals surface area contributed by atoms with Crippen LogP contribution in [0.1, 0.15) is 21.0 Å². The highest BCUT2D eigenvalue weighted by atomic mass is 35.5. The molecule has 12 nitrogen and oxygen atoms in total. The van der Waals surface area contributed by atoms with Gasteiger partial charge in [0.05, 0.1) is 10.7 Å². The van der Waals surface area contributed by atoms with Gasteiger partial charge < -0.3 is 10.2 Å². The van der Waals surface area contributed by atoms with Crippen molar-refractivity contribution in [2.75, 3.05) is 0 Å². The Morgan fingerprint density at radius 3 is 1.94 bits per heavy atom. The lowest BCUT2D eigenvalue weighted by molar-refractivity contribution is 0.0679. The molecule has 4 N–H and O–H groups in total. The topological polar surface area (TPSA) is 176 Å². The minimum atomic E-state index is -1.20. The molecule has 0 aliphatic rings. The summed E-state index contributed by atoms with van der Waals surface area (Å²) in [5.74, 6) is -2.12. The van der Waals surface area contributed by atoms with Gasteiger partial charge in [0.1, 0.15) is 16.5 Å². The van der Waals surface area contributed by atoms with Crippen molar-refractivity contribution in [1.82, 2.24) is 29.5 Å². The van der Waals surface area contributed by atoms with E-state index >= 15 is 0 Å². The number of hydrogen-bond donors (Lipinski definition) is 4. The van der Waals surface area contributed by atoms with E-state index < -0.39 is 23.1 Å². The number of carboxylic acid groups (broad SMARTS) is 2. The number of carbonyl (C=O) groups is 2. The van der Waals surface area contributed by atoms with Crippen LogP contribution in [0.25, 0.3) is 11.5 Å². The maximum absolute atomic E-state index is 11.5. The molecule has 0 fully saturated rings. The second kappa shape index (κ2) is 9.32. The summed E-state index contributed by atoms with van der Waals surface area (Å²) in [7, 11) is 0. The van der Waals surface area contributed by atoms with Gasteiger partial charge in [-0.15, -0.1) is 0 Å². The Balaban J connectivity index is 0.000000181. The van der Waals surface area contributed by atoms with Crippen LogP contribution in [0.15, 0.2) is 58.4 Å². The van der Waals surface area contributed by atoms with Crippen LogP contribution in [0.4, 0.5) is 0 Å². The summed E-state index contributed by atoms with van der Waals surface area (Å²) in [4.78, 5) is 51.8. The van der Waals surface area contributed by atoms with Crippen LogP contribution in [-0.2, 0) is 0 Å². The highest BCUT2D eigenvalue weighted by Gasteiger charge is 2.11. The van der Waals surface area contributed by atoms with Crippen molar-refractivity contribution < 1.29 is 19.8 Å². The zero-order valence-electron chi connectivity index (χ0n) is 15.7. The molecule has 0 radical (unpaired) electrons. The van der Waals surface area contributed by atoms with Crippen molar-refractivity contribution in [3.05, 3.63) is 91.1 Å². The Hall–Kier alpha value is -4.16. The molecule has 0 saturated heterocycles. The van der Waals surface area contributed by atoms with E-state index in [9.17, 15) is 19.2 Å². The van der Waals surface area contributed by atoms with Crippen molar-refractivity contribution in [3.8, 4) is 11.5 Å². The maximum atomic E-state index is 11.5. The van der Waals surface area contributed by atoms with E-state index in [1.807, 2.05) is 0 Å². The number of pyridine rings is 2. The zero-order valence-corrected chi connectivity index (χ0v) is 17.2. The number of rotatable bonds is 4. The number of aromatic carboxylic acids is 2. The first-order valence-corrected chi connectivity index (χ1v) is 9.26. The Kier molecular flexibility index (Phi) is 6.56. The van der Waals surface area contributed by atoms with Gasteiger partial charge in [0.15, 0.2) is 5.82 Å². The number of aromatic amines is 2. The van der Waals surface area contributed by atoms with E-state index in [0.29, 0.717) is 10.7 Å². The number of hydrogen-bond acceptors (Lipinski definition) is 6. The first-order chi connectivity index (χ1) is 15.2. The molecule has 0 bridgehead atoms. The van der Waals surface area contributed by atoms with Crippen molar-refractivity contribution in [2.45, 2.75) is 0 Å². The lowest BCUT2D eigenvalue weighted by Crippen LogP contribution is -2.14. The van der Waals surface area contributed by atoms with E-state index in [0.717, 1.165) is 21.5 Å². The van der Waals surface area contributed by atoms with Crippen LogP contribution in [0, 0.1) is 0 Å². The highest BCUT2D eigenvalue weighted by Crippen LogP contribution is 2.10. The molecule has 0 saturated carbocycles. The molecule has 32 heavy (non-hydrogen) atoms. The van der Waals surface area contributed by atoms with Gasteiger partial charge in [-0.05, 0) is 18.2 Å². The Morgan fingerprint density at radius 2 is 1.44 bits per heavy atom. The largest absolute Gasteiger partial charge is 0.477 e. The molecule has 164 valence electrons. The molecule has 4 aromatic heterocycles.